The van der Waals surface area contributed by atoms with Crippen molar-refractivity contribution in [3.05, 3.63) is 72.1 Å². The van der Waals surface area contributed by atoms with Crippen LogP contribution in [0.25, 0.3) is 0 Å². The lowest BCUT2D eigenvalue weighted by Crippen LogP contribution is -2.30. The number of rotatable bonds is 7. The summed E-state index contributed by atoms with van der Waals surface area (Å²) in [6.45, 7) is 6.32. The molecule has 3 nitrogen and oxygen atoms in total. The molecular weight excluding hydrogens is 403 g/mol. The van der Waals surface area contributed by atoms with Crippen molar-refractivity contribution >= 4 is 5.97 Å². The Morgan fingerprint density at radius 1 is 1.03 bits per heavy atom. The minimum absolute atomic E-state index is 0.232. The number of carbonyl (C=O) groups excluding carboxylic acids is 1. The summed E-state index contributed by atoms with van der Waals surface area (Å²) >= 11 is 0. The van der Waals surface area contributed by atoms with E-state index in [-0.39, 0.29) is 17.3 Å². The maximum absolute atomic E-state index is 15.0. The van der Waals surface area contributed by atoms with Crippen molar-refractivity contribution < 1.29 is 18.7 Å². The molecule has 4 rings (SSSR count). The van der Waals surface area contributed by atoms with Gasteiger partial charge in [-0.15, -0.1) is 0 Å². The largest absolute Gasteiger partial charge is 0.490 e. The second-order valence-corrected chi connectivity index (χ2v) is 9.31. The first-order valence-corrected chi connectivity index (χ1v) is 11.9. The van der Waals surface area contributed by atoms with Gasteiger partial charge in [0.15, 0.2) is 0 Å². The van der Waals surface area contributed by atoms with Gasteiger partial charge in [0.05, 0.1) is 5.56 Å². The zero-order chi connectivity index (χ0) is 22.5. The van der Waals surface area contributed by atoms with Gasteiger partial charge < -0.3 is 9.47 Å². The average Bonchev–Trinajstić information content (AvgIpc) is 2.82. The monoisotopic (exact) mass is 436 g/mol. The fraction of sp³-hybridized carbons (Fsp3) is 0.464. The number of hydrogen-bond acceptors (Lipinski definition) is 3. The smallest absolute Gasteiger partial charge is 0.343 e. The van der Waals surface area contributed by atoms with Crippen molar-refractivity contribution in [2.75, 3.05) is 6.61 Å². The zero-order valence-electron chi connectivity index (χ0n) is 18.9. The summed E-state index contributed by atoms with van der Waals surface area (Å²) in [4.78, 5) is 12.5. The molecule has 32 heavy (non-hydrogen) atoms. The Kier molecular flexibility index (Phi) is 7.29. The molecule has 2 aliphatic rings. The summed E-state index contributed by atoms with van der Waals surface area (Å²) in [5.74, 6) is 2.88. The Morgan fingerprint density at radius 3 is 2.47 bits per heavy atom. The van der Waals surface area contributed by atoms with Crippen LogP contribution in [0.5, 0.6) is 11.5 Å². The molecule has 4 unspecified atom stereocenters. The molecule has 170 valence electrons. The standard InChI is InChI=1S/C28H33FO3/c1-3-15-31-24-10-12-25(13-11-24)32-28(30)23-9-14-26(27(29)18-23)22-8-7-20-16-19(4-2)5-6-21(20)17-22/h3,9-14,18-22H,1,4-8,15-17H2,2H3. The molecule has 0 aliphatic heterocycles. The molecule has 0 saturated heterocycles. The van der Waals surface area contributed by atoms with Crippen molar-refractivity contribution in [2.24, 2.45) is 17.8 Å². The topological polar surface area (TPSA) is 35.5 Å². The molecule has 4 heteroatoms. The van der Waals surface area contributed by atoms with Crippen LogP contribution in [0.2, 0.25) is 0 Å². The molecule has 2 fully saturated rings. The first-order chi connectivity index (χ1) is 15.6. The third-order valence-electron chi connectivity index (χ3n) is 7.38. The number of fused-ring (bicyclic) bond motifs is 1. The van der Waals surface area contributed by atoms with Gasteiger partial charge in [0.1, 0.15) is 23.9 Å². The number of hydrogen-bond donors (Lipinski definition) is 0. The number of carbonyl (C=O) groups is 1. The number of ether oxygens (including phenoxy) is 2. The Morgan fingerprint density at radius 2 is 1.75 bits per heavy atom. The first kappa shape index (κ1) is 22.6. The lowest BCUT2D eigenvalue weighted by molar-refractivity contribution is 0.0734. The summed E-state index contributed by atoms with van der Waals surface area (Å²) in [6.07, 6.45) is 10.2. The number of halogens is 1. The van der Waals surface area contributed by atoms with Crippen molar-refractivity contribution in [1.82, 2.24) is 0 Å². The highest BCUT2D eigenvalue weighted by atomic mass is 19.1. The molecule has 2 aromatic rings. The SMILES string of the molecule is C=CCOc1ccc(OC(=O)c2ccc(C3CCC4CC(CC)CCC4C3)c(F)c2)cc1. The van der Waals surface area contributed by atoms with Gasteiger partial charge in [-0.25, -0.2) is 9.18 Å². The third kappa shape index (κ3) is 5.23. The second kappa shape index (κ2) is 10.3. The van der Waals surface area contributed by atoms with Gasteiger partial charge in [-0.3, -0.25) is 0 Å². The zero-order valence-corrected chi connectivity index (χ0v) is 18.9. The fourth-order valence-corrected chi connectivity index (χ4v) is 5.55. The van der Waals surface area contributed by atoms with Gasteiger partial charge in [-0.05, 0) is 97.7 Å². The Bertz CT molecular complexity index is 936. The minimum atomic E-state index is -0.559. The predicted molar refractivity (Wildman–Crippen MR) is 125 cm³/mol. The van der Waals surface area contributed by atoms with E-state index in [0.29, 0.717) is 18.1 Å². The van der Waals surface area contributed by atoms with Crippen LogP contribution in [0.15, 0.2) is 55.1 Å². The van der Waals surface area contributed by atoms with Gasteiger partial charge in [0.2, 0.25) is 0 Å². The van der Waals surface area contributed by atoms with Crippen LogP contribution in [0, 0.1) is 23.6 Å². The van der Waals surface area contributed by atoms with Crippen LogP contribution in [0.1, 0.15) is 73.7 Å². The first-order valence-electron chi connectivity index (χ1n) is 11.9. The fourth-order valence-electron chi connectivity index (χ4n) is 5.55. The Labute approximate surface area is 190 Å². The maximum Gasteiger partial charge on any atom is 0.343 e. The van der Waals surface area contributed by atoms with E-state index in [4.69, 9.17) is 9.47 Å². The van der Waals surface area contributed by atoms with Gasteiger partial charge in [-0.1, -0.05) is 38.5 Å². The van der Waals surface area contributed by atoms with E-state index in [2.05, 4.69) is 13.5 Å². The molecule has 0 spiro atoms. The highest BCUT2D eigenvalue weighted by Gasteiger charge is 2.36. The summed E-state index contributed by atoms with van der Waals surface area (Å²) in [5.41, 5.74) is 0.983. The molecule has 0 aromatic heterocycles. The minimum Gasteiger partial charge on any atom is -0.490 e. The van der Waals surface area contributed by atoms with Gasteiger partial charge in [0, 0.05) is 0 Å². The van der Waals surface area contributed by atoms with Crippen LogP contribution in [-0.4, -0.2) is 12.6 Å². The van der Waals surface area contributed by atoms with Crippen molar-refractivity contribution in [3.8, 4) is 11.5 Å². The van der Waals surface area contributed by atoms with Crippen LogP contribution in [0.3, 0.4) is 0 Å². The van der Waals surface area contributed by atoms with E-state index in [1.54, 1.807) is 42.5 Å². The molecule has 2 aliphatic carbocycles. The van der Waals surface area contributed by atoms with Gasteiger partial charge >= 0.3 is 5.97 Å². The molecule has 0 heterocycles. The van der Waals surface area contributed by atoms with Crippen LogP contribution in [-0.2, 0) is 0 Å². The van der Waals surface area contributed by atoms with Crippen molar-refractivity contribution in [2.45, 2.75) is 57.8 Å². The normalized spacial score (nSPS) is 24.9. The summed E-state index contributed by atoms with van der Waals surface area (Å²) in [6, 6.07) is 11.6. The lowest BCUT2D eigenvalue weighted by atomic mass is 9.63. The molecular formula is C28H33FO3. The summed E-state index contributed by atoms with van der Waals surface area (Å²) < 4.78 is 25.8. The molecule has 0 bridgehead atoms. The highest BCUT2D eigenvalue weighted by Crippen LogP contribution is 2.48. The molecule has 2 aromatic carbocycles. The van der Waals surface area contributed by atoms with Crippen molar-refractivity contribution in [3.63, 3.8) is 0 Å². The Hall–Kier alpha value is -2.62. The van der Waals surface area contributed by atoms with Crippen molar-refractivity contribution in [1.29, 1.82) is 0 Å². The van der Waals surface area contributed by atoms with Gasteiger partial charge in [-0.2, -0.15) is 0 Å². The molecule has 2 saturated carbocycles. The van der Waals surface area contributed by atoms with E-state index in [0.717, 1.165) is 36.2 Å². The molecule has 4 atom stereocenters. The second-order valence-electron chi connectivity index (χ2n) is 9.31. The van der Waals surface area contributed by atoms with E-state index in [9.17, 15) is 4.79 Å². The summed E-state index contributed by atoms with van der Waals surface area (Å²) in [7, 11) is 0. The third-order valence-corrected chi connectivity index (χ3v) is 7.38. The molecule has 0 N–H and O–H groups in total. The molecule has 0 radical (unpaired) electrons. The van der Waals surface area contributed by atoms with Crippen LogP contribution < -0.4 is 9.47 Å². The predicted octanol–water partition coefficient (Wildman–Crippen LogP) is 7.32. The van der Waals surface area contributed by atoms with Gasteiger partial charge in [0.25, 0.3) is 0 Å². The highest BCUT2D eigenvalue weighted by molar-refractivity contribution is 5.91. The molecule has 0 amide bonds. The summed E-state index contributed by atoms with van der Waals surface area (Å²) in [5, 5.41) is 0. The Balaban J connectivity index is 1.38. The lowest BCUT2D eigenvalue weighted by Gasteiger charge is -2.42. The number of benzene rings is 2. The van der Waals surface area contributed by atoms with E-state index in [1.807, 2.05) is 0 Å². The van der Waals surface area contributed by atoms with E-state index in [1.165, 1.54) is 38.2 Å². The number of esters is 1. The van der Waals surface area contributed by atoms with Crippen LogP contribution in [0.4, 0.5) is 4.39 Å². The van der Waals surface area contributed by atoms with Crippen LogP contribution >= 0.6 is 0 Å². The quantitative estimate of drug-likeness (QED) is 0.259. The van der Waals surface area contributed by atoms with E-state index >= 15 is 4.39 Å². The maximum atomic E-state index is 15.0. The van der Waals surface area contributed by atoms with E-state index < -0.39 is 5.97 Å². The average molecular weight is 437 g/mol.